The molecule has 2 aromatic carbocycles. The van der Waals surface area contributed by atoms with Crippen molar-refractivity contribution in [3.05, 3.63) is 59.7 Å². The molecule has 168 valence electrons. The fourth-order valence-electron chi connectivity index (χ4n) is 3.50. The summed E-state index contributed by atoms with van der Waals surface area (Å²) in [5, 5.41) is 2.74. The minimum absolute atomic E-state index is 0.0146. The fourth-order valence-corrected chi connectivity index (χ4v) is 5.15. The van der Waals surface area contributed by atoms with Gasteiger partial charge in [-0.3, -0.25) is 4.79 Å². The molecule has 1 aliphatic rings. The van der Waals surface area contributed by atoms with Gasteiger partial charge in [0.05, 0.1) is 16.0 Å². The number of halogens is 3. The van der Waals surface area contributed by atoms with Gasteiger partial charge in [-0.05, 0) is 49.1 Å². The molecule has 0 aromatic heterocycles. The van der Waals surface area contributed by atoms with Gasteiger partial charge in [0.25, 0.3) is 0 Å². The summed E-state index contributed by atoms with van der Waals surface area (Å²) in [6, 6.07) is 11.3. The van der Waals surface area contributed by atoms with Crippen LogP contribution in [0.25, 0.3) is 0 Å². The van der Waals surface area contributed by atoms with E-state index in [0.717, 1.165) is 34.5 Å². The molecule has 1 fully saturated rings. The normalized spacial score (nSPS) is 17.3. The van der Waals surface area contributed by atoms with Gasteiger partial charge in [-0.2, -0.15) is 17.5 Å². The maximum atomic E-state index is 13.3. The highest BCUT2D eigenvalue weighted by atomic mass is 32.2. The third-order valence-corrected chi connectivity index (χ3v) is 7.45. The van der Waals surface area contributed by atoms with E-state index in [1.54, 1.807) is 12.1 Å². The van der Waals surface area contributed by atoms with E-state index >= 15 is 0 Å². The lowest BCUT2D eigenvalue weighted by atomic mass is 9.88. The van der Waals surface area contributed by atoms with Crippen molar-refractivity contribution in [1.82, 2.24) is 4.31 Å². The molecule has 10 heteroatoms. The first-order chi connectivity index (χ1) is 14.5. The summed E-state index contributed by atoms with van der Waals surface area (Å²) in [7, 11) is -4.39. The number of benzene rings is 2. The molecule has 0 unspecified atom stereocenters. The van der Waals surface area contributed by atoms with Crippen molar-refractivity contribution < 1.29 is 26.4 Å². The van der Waals surface area contributed by atoms with Crippen LogP contribution in [0, 0.1) is 0 Å². The Morgan fingerprint density at radius 2 is 1.68 bits per heavy atom. The second-order valence-corrected chi connectivity index (χ2v) is 9.47. The zero-order valence-corrected chi connectivity index (χ0v) is 17.8. The number of piperidine rings is 1. The quantitative estimate of drug-likeness (QED) is 0.723. The van der Waals surface area contributed by atoms with E-state index in [4.69, 9.17) is 5.73 Å². The van der Waals surface area contributed by atoms with Crippen LogP contribution in [0.5, 0.6) is 0 Å². The van der Waals surface area contributed by atoms with E-state index in [9.17, 15) is 26.4 Å². The zero-order valence-electron chi connectivity index (χ0n) is 16.9. The van der Waals surface area contributed by atoms with E-state index in [1.807, 2.05) is 19.1 Å². The first-order valence-corrected chi connectivity index (χ1v) is 11.3. The lowest BCUT2D eigenvalue weighted by Gasteiger charge is -2.37. The zero-order chi connectivity index (χ0) is 22.9. The molecule has 3 N–H and O–H groups in total. The Hall–Kier alpha value is -2.43. The monoisotopic (exact) mass is 455 g/mol. The van der Waals surface area contributed by atoms with Crippen molar-refractivity contribution in [3.63, 3.8) is 0 Å². The van der Waals surface area contributed by atoms with Gasteiger partial charge in [0.15, 0.2) is 0 Å². The van der Waals surface area contributed by atoms with Gasteiger partial charge in [-0.1, -0.05) is 31.2 Å². The number of alkyl halides is 3. The summed E-state index contributed by atoms with van der Waals surface area (Å²) in [5.41, 5.74) is 5.38. The Morgan fingerprint density at radius 3 is 2.23 bits per heavy atom. The maximum absolute atomic E-state index is 13.3. The summed E-state index contributed by atoms with van der Waals surface area (Å²) < 4.78 is 66.5. The van der Waals surface area contributed by atoms with Crippen molar-refractivity contribution in [1.29, 1.82) is 0 Å². The minimum atomic E-state index is -4.80. The van der Waals surface area contributed by atoms with E-state index in [1.165, 1.54) is 6.07 Å². The average molecular weight is 456 g/mol. The van der Waals surface area contributed by atoms with Gasteiger partial charge in [-0.25, -0.2) is 8.42 Å². The molecule has 0 bridgehead atoms. The van der Waals surface area contributed by atoms with Gasteiger partial charge >= 0.3 is 6.18 Å². The Morgan fingerprint density at radius 1 is 1.10 bits per heavy atom. The number of amides is 1. The van der Waals surface area contributed by atoms with Crippen LogP contribution in [0.1, 0.15) is 30.9 Å². The molecule has 0 saturated carbocycles. The van der Waals surface area contributed by atoms with Crippen molar-refractivity contribution in [2.45, 2.75) is 42.8 Å². The summed E-state index contributed by atoms with van der Waals surface area (Å²) in [6.07, 6.45) is -3.97. The second-order valence-electron chi connectivity index (χ2n) is 7.56. The number of sulfonamides is 1. The number of hydrogen-bond acceptors (Lipinski definition) is 4. The third-order valence-electron chi connectivity index (χ3n) is 5.50. The Bertz CT molecular complexity index is 1050. The molecular formula is C21H24F3N3O3S. The van der Waals surface area contributed by atoms with Crippen LogP contribution in [0.2, 0.25) is 0 Å². The summed E-state index contributed by atoms with van der Waals surface area (Å²) in [4.78, 5) is 11.9. The number of hydrogen-bond donors (Lipinski definition) is 2. The van der Waals surface area contributed by atoms with E-state index in [2.05, 4.69) is 5.32 Å². The molecular weight excluding hydrogens is 431 g/mol. The molecule has 31 heavy (non-hydrogen) atoms. The molecule has 0 spiro atoms. The number of carbonyl (C=O) groups is 1. The van der Waals surface area contributed by atoms with Crippen molar-refractivity contribution in [2.75, 3.05) is 18.4 Å². The number of nitrogens with one attached hydrogen (secondary N) is 1. The van der Waals surface area contributed by atoms with Crippen LogP contribution in [-0.4, -0.2) is 37.3 Å². The average Bonchev–Trinajstić information content (AvgIpc) is 2.74. The van der Waals surface area contributed by atoms with Gasteiger partial charge in [0.1, 0.15) is 0 Å². The second kappa shape index (κ2) is 8.60. The minimum Gasteiger partial charge on any atom is -0.324 e. The predicted molar refractivity (Wildman–Crippen MR) is 111 cm³/mol. The summed E-state index contributed by atoms with van der Waals surface area (Å²) >= 11 is 0. The van der Waals surface area contributed by atoms with Crippen LogP contribution in [0.4, 0.5) is 18.9 Å². The molecule has 0 aliphatic carbocycles. The highest BCUT2D eigenvalue weighted by Crippen LogP contribution is 2.36. The van der Waals surface area contributed by atoms with Gasteiger partial charge in [-0.15, -0.1) is 0 Å². The Balaban J connectivity index is 1.72. The van der Waals surface area contributed by atoms with Crippen LogP contribution in [-0.2, 0) is 27.4 Å². The van der Waals surface area contributed by atoms with Crippen molar-refractivity contribution >= 4 is 21.6 Å². The number of rotatable bonds is 5. The lowest BCUT2D eigenvalue weighted by molar-refractivity contribution is -0.139. The lowest BCUT2D eigenvalue weighted by Crippen LogP contribution is -2.58. The molecule has 6 nitrogen and oxygen atoms in total. The Kier molecular flexibility index (Phi) is 6.45. The molecule has 3 rings (SSSR count). The maximum Gasteiger partial charge on any atom is 0.417 e. The van der Waals surface area contributed by atoms with Crippen LogP contribution < -0.4 is 11.1 Å². The number of anilines is 1. The molecule has 1 heterocycles. The molecule has 1 saturated heterocycles. The largest absolute Gasteiger partial charge is 0.417 e. The standard InChI is InChI=1S/C21H24F3N3O3S/c1-2-15-7-9-16(10-8-15)26-19(28)20(25)11-13-27(14-12-20)31(29,30)18-6-4-3-5-17(18)21(22,23)24/h3-10H,2,11-14,25H2,1H3,(H,26,28). The summed E-state index contributed by atoms with van der Waals surface area (Å²) in [5.74, 6) is -0.454. The molecule has 1 amide bonds. The molecule has 2 aromatic rings. The first kappa shape index (κ1) is 23.2. The summed E-state index contributed by atoms with van der Waals surface area (Å²) in [6.45, 7) is 1.69. The third kappa shape index (κ3) is 4.91. The molecule has 0 atom stereocenters. The van der Waals surface area contributed by atoms with Crippen molar-refractivity contribution in [3.8, 4) is 0 Å². The predicted octanol–water partition coefficient (Wildman–Crippen LogP) is 3.39. The SMILES string of the molecule is CCc1ccc(NC(=O)C2(N)CCN(S(=O)(=O)c3ccccc3C(F)(F)F)CC2)cc1. The van der Waals surface area contributed by atoms with Crippen molar-refractivity contribution in [2.24, 2.45) is 5.73 Å². The molecule has 1 aliphatic heterocycles. The van der Waals surface area contributed by atoms with Crippen LogP contribution in [0.3, 0.4) is 0 Å². The highest BCUT2D eigenvalue weighted by Gasteiger charge is 2.43. The van der Waals surface area contributed by atoms with Crippen LogP contribution >= 0.6 is 0 Å². The number of nitrogens with zero attached hydrogens (tertiary/aromatic N) is 1. The van der Waals surface area contributed by atoms with E-state index in [0.29, 0.717) is 5.69 Å². The number of nitrogens with two attached hydrogens (primary N) is 1. The van der Waals surface area contributed by atoms with Gasteiger partial charge < -0.3 is 11.1 Å². The smallest absolute Gasteiger partial charge is 0.324 e. The topological polar surface area (TPSA) is 92.5 Å². The van der Waals surface area contributed by atoms with E-state index in [-0.39, 0.29) is 25.9 Å². The van der Waals surface area contributed by atoms with Gasteiger partial charge in [0, 0.05) is 18.8 Å². The highest BCUT2D eigenvalue weighted by molar-refractivity contribution is 7.89. The number of carbonyl (C=O) groups excluding carboxylic acids is 1. The first-order valence-electron chi connectivity index (χ1n) is 9.83. The van der Waals surface area contributed by atoms with Gasteiger partial charge in [0.2, 0.25) is 15.9 Å². The fraction of sp³-hybridized carbons (Fsp3) is 0.381. The van der Waals surface area contributed by atoms with Crippen LogP contribution in [0.15, 0.2) is 53.4 Å². The van der Waals surface area contributed by atoms with E-state index < -0.39 is 38.1 Å². The number of aryl methyl sites for hydroxylation is 1. The Labute approximate surface area is 179 Å². The molecule has 0 radical (unpaired) electrons.